The van der Waals surface area contributed by atoms with E-state index in [0.29, 0.717) is 17.7 Å². The van der Waals surface area contributed by atoms with Gasteiger partial charge in [0, 0.05) is 12.2 Å². The fraction of sp³-hybridized carbons (Fsp3) is 0.167. The minimum atomic E-state index is -1.66. The van der Waals surface area contributed by atoms with Crippen molar-refractivity contribution in [2.75, 3.05) is 6.61 Å². The first kappa shape index (κ1) is 22.7. The summed E-state index contributed by atoms with van der Waals surface area (Å²) in [5.74, 6) is -1.05. The molecule has 0 heterocycles. The highest BCUT2D eigenvalue weighted by atomic mass is 16.5. The molecule has 3 atom stereocenters. The van der Waals surface area contributed by atoms with Crippen molar-refractivity contribution in [2.24, 2.45) is 0 Å². The molecule has 0 aliphatic carbocycles. The second-order valence-electron chi connectivity index (χ2n) is 8.01. The Labute approximate surface area is 195 Å². The maximum atomic E-state index is 14.1. The standard InChI is InChI=1S/C30H28O3/c1-2-33-29(25-19-11-5-12-20-25)30(32,26-21-13-6-14-22-26)27(23-15-7-3-8-16-23)28(31)24-17-9-4-10-18-24/h3-22,27,29,32H,2H2,1H3/t27-,29-,30-/m0/s1. The molecule has 0 radical (unpaired) electrons. The van der Waals surface area contributed by atoms with Crippen LogP contribution < -0.4 is 0 Å². The number of hydrogen-bond donors (Lipinski definition) is 1. The van der Waals surface area contributed by atoms with E-state index in [-0.39, 0.29) is 5.78 Å². The number of carbonyl (C=O) groups is 1. The third-order valence-corrected chi connectivity index (χ3v) is 5.97. The van der Waals surface area contributed by atoms with Crippen LogP contribution >= 0.6 is 0 Å². The zero-order valence-corrected chi connectivity index (χ0v) is 18.7. The van der Waals surface area contributed by atoms with E-state index in [1.165, 1.54) is 0 Å². The Bertz CT molecular complexity index is 1140. The molecule has 166 valence electrons. The number of rotatable bonds is 9. The van der Waals surface area contributed by atoms with Gasteiger partial charge in [0.05, 0.1) is 5.92 Å². The van der Waals surface area contributed by atoms with Gasteiger partial charge in [-0.15, -0.1) is 0 Å². The quantitative estimate of drug-likeness (QED) is 0.312. The van der Waals surface area contributed by atoms with Gasteiger partial charge in [0.15, 0.2) is 5.78 Å². The summed E-state index contributed by atoms with van der Waals surface area (Å²) in [5.41, 5.74) is 1.06. The normalized spacial score (nSPS) is 14.7. The van der Waals surface area contributed by atoms with Crippen LogP contribution in [0.3, 0.4) is 0 Å². The Balaban J connectivity index is 1.99. The summed E-state index contributed by atoms with van der Waals surface area (Å²) in [7, 11) is 0. The number of carbonyl (C=O) groups excluding carboxylic acids is 1. The fourth-order valence-electron chi connectivity index (χ4n) is 4.47. The lowest BCUT2D eigenvalue weighted by Crippen LogP contribution is -2.44. The minimum absolute atomic E-state index is 0.159. The van der Waals surface area contributed by atoms with Crippen molar-refractivity contribution in [1.29, 1.82) is 0 Å². The molecule has 3 nitrogen and oxygen atoms in total. The van der Waals surface area contributed by atoms with E-state index in [2.05, 4.69) is 0 Å². The van der Waals surface area contributed by atoms with E-state index < -0.39 is 17.6 Å². The van der Waals surface area contributed by atoms with E-state index in [9.17, 15) is 9.90 Å². The lowest BCUT2D eigenvalue weighted by Gasteiger charge is -2.42. The molecule has 33 heavy (non-hydrogen) atoms. The molecule has 4 aromatic carbocycles. The van der Waals surface area contributed by atoms with Crippen molar-refractivity contribution in [3.63, 3.8) is 0 Å². The molecule has 0 bridgehead atoms. The summed E-state index contributed by atoms with van der Waals surface area (Å²) in [6, 6.07) is 37.7. The second kappa shape index (κ2) is 10.4. The lowest BCUT2D eigenvalue weighted by molar-refractivity contribution is -0.124. The highest BCUT2D eigenvalue weighted by Crippen LogP contribution is 2.49. The van der Waals surface area contributed by atoms with E-state index >= 15 is 0 Å². The van der Waals surface area contributed by atoms with Gasteiger partial charge in [0.2, 0.25) is 0 Å². The average Bonchev–Trinajstić information content (AvgIpc) is 2.89. The third-order valence-electron chi connectivity index (χ3n) is 5.97. The molecule has 0 saturated heterocycles. The fourth-order valence-corrected chi connectivity index (χ4v) is 4.47. The van der Waals surface area contributed by atoms with Crippen molar-refractivity contribution in [1.82, 2.24) is 0 Å². The number of Topliss-reactive ketones (excluding diaryl/α,β-unsaturated/α-hetero) is 1. The smallest absolute Gasteiger partial charge is 0.173 e. The summed E-state index contributed by atoms with van der Waals surface area (Å²) in [6.45, 7) is 2.29. The molecule has 0 amide bonds. The Morgan fingerprint density at radius 2 is 1.18 bits per heavy atom. The summed E-state index contributed by atoms with van der Waals surface area (Å²) < 4.78 is 6.23. The summed E-state index contributed by atoms with van der Waals surface area (Å²) in [6.07, 6.45) is -0.760. The van der Waals surface area contributed by atoms with Crippen LogP contribution in [0.25, 0.3) is 0 Å². The zero-order valence-electron chi connectivity index (χ0n) is 18.7. The predicted molar refractivity (Wildman–Crippen MR) is 131 cm³/mol. The average molecular weight is 437 g/mol. The number of ether oxygens (including phenoxy) is 1. The molecular formula is C30H28O3. The minimum Gasteiger partial charge on any atom is -0.381 e. The molecule has 0 aliphatic rings. The van der Waals surface area contributed by atoms with Crippen molar-refractivity contribution in [3.05, 3.63) is 144 Å². The molecule has 0 unspecified atom stereocenters. The van der Waals surface area contributed by atoms with Crippen LogP contribution in [0.4, 0.5) is 0 Å². The number of aliphatic hydroxyl groups is 1. The van der Waals surface area contributed by atoms with Gasteiger partial charge >= 0.3 is 0 Å². The largest absolute Gasteiger partial charge is 0.381 e. The topological polar surface area (TPSA) is 46.5 Å². The second-order valence-corrected chi connectivity index (χ2v) is 8.01. The third kappa shape index (κ3) is 4.65. The van der Waals surface area contributed by atoms with E-state index in [1.807, 2.05) is 116 Å². The first-order chi connectivity index (χ1) is 16.2. The van der Waals surface area contributed by atoms with Gasteiger partial charge < -0.3 is 9.84 Å². The molecule has 3 heteroatoms. The van der Waals surface area contributed by atoms with Crippen molar-refractivity contribution >= 4 is 5.78 Å². The van der Waals surface area contributed by atoms with Gasteiger partial charge in [0.1, 0.15) is 11.7 Å². The van der Waals surface area contributed by atoms with Crippen LogP contribution in [-0.2, 0) is 10.3 Å². The number of benzene rings is 4. The predicted octanol–water partition coefficient (Wildman–Crippen LogP) is 6.32. The van der Waals surface area contributed by atoms with Gasteiger partial charge in [-0.3, -0.25) is 4.79 Å². The zero-order chi connectivity index (χ0) is 23.1. The summed E-state index contributed by atoms with van der Waals surface area (Å²) >= 11 is 0. The van der Waals surface area contributed by atoms with Crippen molar-refractivity contribution in [3.8, 4) is 0 Å². The molecule has 0 aromatic heterocycles. The van der Waals surface area contributed by atoms with Crippen LogP contribution in [0.5, 0.6) is 0 Å². The molecule has 0 fully saturated rings. The molecule has 0 aliphatic heterocycles. The molecule has 4 rings (SSSR count). The Kier molecular flexibility index (Phi) is 7.13. The molecule has 1 N–H and O–H groups in total. The van der Waals surface area contributed by atoms with Gasteiger partial charge in [-0.05, 0) is 23.6 Å². The van der Waals surface area contributed by atoms with Crippen LogP contribution in [-0.4, -0.2) is 17.5 Å². The summed E-state index contributed by atoms with van der Waals surface area (Å²) in [5, 5.41) is 12.7. The van der Waals surface area contributed by atoms with Crippen LogP contribution in [0, 0.1) is 0 Å². The van der Waals surface area contributed by atoms with E-state index in [0.717, 1.165) is 11.1 Å². The van der Waals surface area contributed by atoms with Crippen LogP contribution in [0.15, 0.2) is 121 Å². The number of ketones is 1. The molecule has 0 spiro atoms. The first-order valence-corrected chi connectivity index (χ1v) is 11.2. The van der Waals surface area contributed by atoms with Crippen LogP contribution in [0.2, 0.25) is 0 Å². The van der Waals surface area contributed by atoms with Gasteiger partial charge in [-0.2, -0.15) is 0 Å². The van der Waals surface area contributed by atoms with E-state index in [4.69, 9.17) is 4.74 Å². The van der Waals surface area contributed by atoms with Gasteiger partial charge in [-0.1, -0.05) is 121 Å². The van der Waals surface area contributed by atoms with Crippen molar-refractivity contribution in [2.45, 2.75) is 24.5 Å². The van der Waals surface area contributed by atoms with Gasteiger partial charge in [0.25, 0.3) is 0 Å². The maximum absolute atomic E-state index is 14.1. The van der Waals surface area contributed by atoms with Gasteiger partial charge in [-0.25, -0.2) is 0 Å². The highest BCUT2D eigenvalue weighted by molar-refractivity contribution is 6.02. The number of hydrogen-bond acceptors (Lipinski definition) is 3. The Morgan fingerprint density at radius 1 is 0.727 bits per heavy atom. The molecule has 0 saturated carbocycles. The molecule has 4 aromatic rings. The highest BCUT2D eigenvalue weighted by Gasteiger charge is 2.51. The maximum Gasteiger partial charge on any atom is 0.173 e. The van der Waals surface area contributed by atoms with Crippen LogP contribution in [0.1, 0.15) is 46.0 Å². The first-order valence-electron chi connectivity index (χ1n) is 11.2. The SMILES string of the molecule is CCO[C@@H](c1ccccc1)[C@](O)(c1ccccc1)[C@H](C(=O)c1ccccc1)c1ccccc1. The molecular weight excluding hydrogens is 408 g/mol. The monoisotopic (exact) mass is 436 g/mol. The summed E-state index contributed by atoms with van der Waals surface area (Å²) in [4.78, 5) is 14.1. The Hall–Kier alpha value is -3.53. The lowest BCUT2D eigenvalue weighted by atomic mass is 9.69. The van der Waals surface area contributed by atoms with Crippen molar-refractivity contribution < 1.29 is 14.6 Å². The Morgan fingerprint density at radius 3 is 1.70 bits per heavy atom. The van der Waals surface area contributed by atoms with E-state index in [1.54, 1.807) is 12.1 Å².